The van der Waals surface area contributed by atoms with Gasteiger partial charge in [-0.25, -0.2) is 4.79 Å². The second kappa shape index (κ2) is 9.31. The van der Waals surface area contributed by atoms with Crippen molar-refractivity contribution >= 4 is 17.8 Å². The van der Waals surface area contributed by atoms with Crippen molar-refractivity contribution in [1.29, 1.82) is 0 Å². The monoisotopic (exact) mass is 404 g/mol. The third kappa shape index (κ3) is 5.76. The zero-order valence-electron chi connectivity index (χ0n) is 15.1. The second-order valence-electron chi connectivity index (χ2n) is 6.17. The van der Waals surface area contributed by atoms with E-state index in [0.717, 1.165) is 18.2 Å². The maximum absolute atomic E-state index is 12.1. The fraction of sp³-hybridized carbons (Fsp3) is 0.211. The molecule has 0 saturated heterocycles. The highest BCUT2D eigenvalue weighted by atomic mass is 16.4. The molecule has 7 N–H and O–H groups in total. The zero-order chi connectivity index (χ0) is 21.6. The molecule has 2 amide bonds. The molecule has 0 saturated carbocycles. The van der Waals surface area contributed by atoms with Crippen molar-refractivity contribution in [3.8, 4) is 23.0 Å². The number of aromatic hydroxyl groups is 4. The zero-order valence-corrected chi connectivity index (χ0v) is 15.1. The van der Waals surface area contributed by atoms with Gasteiger partial charge in [0.25, 0.3) is 11.8 Å². The van der Waals surface area contributed by atoms with E-state index >= 15 is 0 Å². The molecular formula is C19H20N2O8. The maximum atomic E-state index is 12.1. The minimum Gasteiger partial charge on any atom is -0.504 e. The number of phenols is 4. The quantitative estimate of drug-likeness (QED) is 0.251. The summed E-state index contributed by atoms with van der Waals surface area (Å²) in [4.78, 5) is 35.5. The van der Waals surface area contributed by atoms with Crippen LogP contribution in [0.3, 0.4) is 0 Å². The van der Waals surface area contributed by atoms with Crippen LogP contribution in [0.1, 0.15) is 33.6 Å². The topological polar surface area (TPSA) is 176 Å². The number of hydrogen-bond donors (Lipinski definition) is 7. The summed E-state index contributed by atoms with van der Waals surface area (Å²) in [6.07, 6.45) is 0.250. The molecule has 154 valence electrons. The summed E-state index contributed by atoms with van der Waals surface area (Å²) in [5.74, 6) is -4.24. The second-order valence-corrected chi connectivity index (χ2v) is 6.17. The third-order valence-corrected chi connectivity index (χ3v) is 4.03. The molecule has 0 aromatic heterocycles. The Balaban J connectivity index is 1.86. The van der Waals surface area contributed by atoms with Crippen molar-refractivity contribution in [1.82, 2.24) is 10.6 Å². The third-order valence-electron chi connectivity index (χ3n) is 4.03. The molecule has 1 unspecified atom stereocenters. The molecule has 0 aliphatic carbocycles. The van der Waals surface area contributed by atoms with Gasteiger partial charge in [-0.1, -0.05) is 0 Å². The van der Waals surface area contributed by atoms with Crippen LogP contribution in [0.2, 0.25) is 0 Å². The minimum absolute atomic E-state index is 0.0201. The summed E-state index contributed by atoms with van der Waals surface area (Å²) < 4.78 is 0. The Morgan fingerprint density at radius 1 is 0.793 bits per heavy atom. The Hall–Kier alpha value is -3.95. The van der Waals surface area contributed by atoms with Crippen LogP contribution in [0, 0.1) is 0 Å². The Morgan fingerprint density at radius 3 is 1.79 bits per heavy atom. The van der Waals surface area contributed by atoms with E-state index in [9.17, 15) is 39.9 Å². The molecule has 10 heteroatoms. The standard InChI is InChI=1S/C19H20N2O8/c22-13-5-3-10(8-15(13)24)17(26)20-7-1-2-12(19(28)29)21-18(27)11-4-6-14(23)16(25)9-11/h3-6,8-9,12,22-25H,1-2,7H2,(H,20,26)(H,21,27)(H,28,29). The van der Waals surface area contributed by atoms with Crippen molar-refractivity contribution in [2.75, 3.05) is 6.54 Å². The predicted molar refractivity (Wildman–Crippen MR) is 100 cm³/mol. The fourth-order valence-electron chi connectivity index (χ4n) is 2.44. The number of benzene rings is 2. The van der Waals surface area contributed by atoms with Crippen LogP contribution < -0.4 is 10.6 Å². The highest BCUT2D eigenvalue weighted by Gasteiger charge is 2.21. The summed E-state index contributed by atoms with van der Waals surface area (Å²) in [6, 6.07) is 5.70. The number of carbonyl (C=O) groups is 3. The van der Waals surface area contributed by atoms with Crippen LogP contribution >= 0.6 is 0 Å². The first-order chi connectivity index (χ1) is 13.7. The fourth-order valence-corrected chi connectivity index (χ4v) is 2.44. The van der Waals surface area contributed by atoms with E-state index in [0.29, 0.717) is 0 Å². The van der Waals surface area contributed by atoms with Gasteiger partial charge in [0.2, 0.25) is 0 Å². The predicted octanol–water partition coefficient (Wildman–Crippen LogP) is 0.902. The van der Waals surface area contributed by atoms with Crippen molar-refractivity contribution in [3.63, 3.8) is 0 Å². The molecule has 2 aromatic rings. The van der Waals surface area contributed by atoms with Gasteiger partial charge in [0.05, 0.1) is 0 Å². The molecule has 2 rings (SSSR count). The minimum atomic E-state index is -1.27. The first-order valence-electron chi connectivity index (χ1n) is 8.55. The van der Waals surface area contributed by atoms with E-state index in [2.05, 4.69) is 10.6 Å². The van der Waals surface area contributed by atoms with E-state index < -0.39 is 41.1 Å². The molecule has 0 heterocycles. The molecule has 0 bridgehead atoms. The lowest BCUT2D eigenvalue weighted by atomic mass is 10.1. The lowest BCUT2D eigenvalue weighted by molar-refractivity contribution is -0.139. The van der Waals surface area contributed by atoms with Crippen LogP contribution in [0.5, 0.6) is 23.0 Å². The van der Waals surface area contributed by atoms with Gasteiger partial charge < -0.3 is 36.2 Å². The maximum Gasteiger partial charge on any atom is 0.326 e. The van der Waals surface area contributed by atoms with Crippen molar-refractivity contribution in [2.24, 2.45) is 0 Å². The Labute approximate surface area is 165 Å². The van der Waals surface area contributed by atoms with Crippen molar-refractivity contribution < 1.29 is 39.9 Å². The van der Waals surface area contributed by atoms with E-state index in [-0.39, 0.29) is 36.3 Å². The van der Waals surface area contributed by atoms with E-state index in [1.165, 1.54) is 18.2 Å². The first-order valence-corrected chi connectivity index (χ1v) is 8.55. The molecule has 1 atom stereocenters. The lowest BCUT2D eigenvalue weighted by Gasteiger charge is -2.15. The van der Waals surface area contributed by atoms with E-state index in [4.69, 9.17) is 0 Å². The number of aliphatic carboxylic acids is 1. The normalized spacial score (nSPS) is 11.4. The summed E-state index contributed by atoms with van der Waals surface area (Å²) in [5, 5.41) is 51.4. The highest BCUT2D eigenvalue weighted by molar-refractivity contribution is 5.97. The number of carboxylic acids is 1. The molecule has 29 heavy (non-hydrogen) atoms. The van der Waals surface area contributed by atoms with Gasteiger partial charge in [0, 0.05) is 17.7 Å². The Morgan fingerprint density at radius 2 is 1.31 bits per heavy atom. The number of hydrogen-bond acceptors (Lipinski definition) is 7. The van der Waals surface area contributed by atoms with Gasteiger partial charge in [0.15, 0.2) is 23.0 Å². The average molecular weight is 404 g/mol. The molecule has 10 nitrogen and oxygen atoms in total. The Kier molecular flexibility index (Phi) is 6.85. The Bertz CT molecular complexity index is 928. The van der Waals surface area contributed by atoms with Crippen LogP contribution in [0.4, 0.5) is 0 Å². The summed E-state index contributed by atoms with van der Waals surface area (Å²) >= 11 is 0. The van der Waals surface area contributed by atoms with Gasteiger partial charge >= 0.3 is 5.97 Å². The number of phenolic OH excluding ortho intramolecular Hbond substituents is 4. The number of rotatable bonds is 8. The van der Waals surface area contributed by atoms with Gasteiger partial charge in [-0.05, 0) is 49.2 Å². The number of carbonyl (C=O) groups excluding carboxylic acids is 2. The summed E-state index contributed by atoms with van der Waals surface area (Å²) in [7, 11) is 0. The smallest absolute Gasteiger partial charge is 0.326 e. The molecule has 2 aromatic carbocycles. The van der Waals surface area contributed by atoms with Crippen molar-refractivity contribution in [2.45, 2.75) is 18.9 Å². The highest BCUT2D eigenvalue weighted by Crippen LogP contribution is 2.25. The van der Waals surface area contributed by atoms with E-state index in [1.54, 1.807) is 0 Å². The van der Waals surface area contributed by atoms with Gasteiger partial charge in [-0.3, -0.25) is 9.59 Å². The molecule has 0 radical (unpaired) electrons. The first kappa shape index (κ1) is 21.4. The van der Waals surface area contributed by atoms with Crippen molar-refractivity contribution in [3.05, 3.63) is 47.5 Å². The summed E-state index contributed by atoms with van der Waals surface area (Å²) in [6.45, 7) is 0.111. The molecule has 0 spiro atoms. The number of carboxylic acid groups (broad SMARTS) is 1. The largest absolute Gasteiger partial charge is 0.504 e. The number of amides is 2. The molecule has 0 aliphatic heterocycles. The lowest BCUT2D eigenvalue weighted by Crippen LogP contribution is -2.41. The molecule has 0 aliphatic rings. The van der Waals surface area contributed by atoms with Gasteiger partial charge in [-0.2, -0.15) is 0 Å². The van der Waals surface area contributed by atoms with Crippen LogP contribution in [0.25, 0.3) is 0 Å². The number of nitrogens with one attached hydrogen (secondary N) is 2. The van der Waals surface area contributed by atoms with Crippen LogP contribution in [-0.2, 0) is 4.79 Å². The van der Waals surface area contributed by atoms with Crippen LogP contribution in [0.15, 0.2) is 36.4 Å². The van der Waals surface area contributed by atoms with Crippen LogP contribution in [-0.4, -0.2) is 55.9 Å². The molecule has 0 fully saturated rings. The SMILES string of the molecule is O=C(NCCCC(NC(=O)c1ccc(O)c(O)c1)C(=O)O)c1ccc(O)c(O)c1. The average Bonchev–Trinajstić information content (AvgIpc) is 2.67. The van der Waals surface area contributed by atoms with Gasteiger partial charge in [-0.15, -0.1) is 0 Å². The van der Waals surface area contributed by atoms with E-state index in [1.807, 2.05) is 0 Å². The van der Waals surface area contributed by atoms with Gasteiger partial charge in [0.1, 0.15) is 6.04 Å². The molecular weight excluding hydrogens is 384 g/mol. The summed E-state index contributed by atoms with van der Waals surface area (Å²) in [5.41, 5.74) is 0.0996.